The molecule has 0 aliphatic carbocycles. The molecule has 1 heterocycles. The maximum Gasteiger partial charge on any atom is 0.325 e. The van der Waals surface area contributed by atoms with Crippen LogP contribution in [0.4, 0.5) is 10.5 Å². The highest BCUT2D eigenvalue weighted by Gasteiger charge is 2.49. The molecule has 134 valence electrons. The number of amides is 4. The van der Waals surface area contributed by atoms with Gasteiger partial charge in [0.25, 0.3) is 5.91 Å². The fraction of sp³-hybridized carbons (Fsp3) is 0.167. The second-order valence-corrected chi connectivity index (χ2v) is 6.88. The predicted octanol–water partition coefficient (Wildman–Crippen LogP) is 3.40. The number of halogens is 2. The van der Waals surface area contributed by atoms with Crippen LogP contribution in [0.25, 0.3) is 0 Å². The molecule has 26 heavy (non-hydrogen) atoms. The van der Waals surface area contributed by atoms with Gasteiger partial charge in [-0.05, 0) is 48.9 Å². The fourth-order valence-electron chi connectivity index (χ4n) is 2.70. The van der Waals surface area contributed by atoms with Crippen LogP contribution in [0.1, 0.15) is 12.5 Å². The molecular formula is C18H15Cl2N3O3. The van der Waals surface area contributed by atoms with Crippen molar-refractivity contribution in [2.24, 2.45) is 0 Å². The van der Waals surface area contributed by atoms with Crippen molar-refractivity contribution < 1.29 is 14.4 Å². The molecule has 1 fully saturated rings. The summed E-state index contributed by atoms with van der Waals surface area (Å²) < 4.78 is 0. The van der Waals surface area contributed by atoms with Crippen LogP contribution in [-0.2, 0) is 15.1 Å². The Morgan fingerprint density at radius 2 is 1.58 bits per heavy atom. The molecule has 0 bridgehead atoms. The van der Waals surface area contributed by atoms with E-state index in [1.807, 2.05) is 0 Å². The number of nitrogens with one attached hydrogen (secondary N) is 2. The summed E-state index contributed by atoms with van der Waals surface area (Å²) in [5.74, 6) is -0.993. The molecule has 0 radical (unpaired) electrons. The molecule has 0 saturated carbocycles. The lowest BCUT2D eigenvalue weighted by molar-refractivity contribution is -0.133. The van der Waals surface area contributed by atoms with Crippen LogP contribution in [0, 0.1) is 0 Å². The monoisotopic (exact) mass is 391 g/mol. The van der Waals surface area contributed by atoms with Crippen molar-refractivity contribution in [1.29, 1.82) is 0 Å². The molecule has 1 aliphatic rings. The maximum absolute atomic E-state index is 12.8. The molecule has 1 aliphatic heterocycles. The lowest BCUT2D eigenvalue weighted by Crippen LogP contribution is -2.42. The minimum absolute atomic E-state index is 0.392. The second-order valence-electron chi connectivity index (χ2n) is 6.01. The summed E-state index contributed by atoms with van der Waals surface area (Å²) >= 11 is 11.7. The summed E-state index contributed by atoms with van der Waals surface area (Å²) in [5.41, 5.74) is -0.143. The van der Waals surface area contributed by atoms with E-state index in [4.69, 9.17) is 23.2 Å². The minimum atomic E-state index is -1.25. The smallest absolute Gasteiger partial charge is 0.325 e. The van der Waals surface area contributed by atoms with Crippen LogP contribution in [-0.4, -0.2) is 29.3 Å². The first-order chi connectivity index (χ1) is 12.3. The molecular weight excluding hydrogens is 377 g/mol. The van der Waals surface area contributed by atoms with Gasteiger partial charge in [0, 0.05) is 15.7 Å². The number of carbonyl (C=O) groups is 3. The second kappa shape index (κ2) is 6.97. The highest BCUT2D eigenvalue weighted by Crippen LogP contribution is 2.29. The van der Waals surface area contributed by atoms with Crippen molar-refractivity contribution in [2.75, 3.05) is 11.9 Å². The lowest BCUT2D eigenvalue weighted by atomic mass is 9.92. The molecule has 0 unspecified atom stereocenters. The van der Waals surface area contributed by atoms with Crippen LogP contribution in [0.5, 0.6) is 0 Å². The maximum atomic E-state index is 12.8. The summed E-state index contributed by atoms with van der Waals surface area (Å²) in [6.45, 7) is 1.20. The summed E-state index contributed by atoms with van der Waals surface area (Å²) in [5, 5.41) is 6.32. The average Bonchev–Trinajstić information content (AvgIpc) is 2.82. The van der Waals surface area contributed by atoms with Gasteiger partial charge in [-0.15, -0.1) is 0 Å². The summed E-state index contributed by atoms with van der Waals surface area (Å²) in [7, 11) is 0. The molecule has 8 heteroatoms. The van der Waals surface area contributed by atoms with Crippen molar-refractivity contribution in [3.63, 3.8) is 0 Å². The summed E-state index contributed by atoms with van der Waals surface area (Å²) in [4.78, 5) is 38.1. The molecule has 6 nitrogen and oxygen atoms in total. The summed E-state index contributed by atoms with van der Waals surface area (Å²) in [6, 6.07) is 12.5. The third-order valence-electron chi connectivity index (χ3n) is 4.13. The van der Waals surface area contributed by atoms with E-state index < -0.39 is 29.9 Å². The van der Waals surface area contributed by atoms with E-state index in [1.165, 1.54) is 0 Å². The Labute approximate surface area is 160 Å². The fourth-order valence-corrected chi connectivity index (χ4v) is 2.95. The number of benzene rings is 2. The number of anilines is 1. The Kier molecular flexibility index (Phi) is 4.89. The van der Waals surface area contributed by atoms with E-state index >= 15 is 0 Å². The summed E-state index contributed by atoms with van der Waals surface area (Å²) in [6.07, 6.45) is 0. The quantitative estimate of drug-likeness (QED) is 0.783. The Morgan fingerprint density at radius 3 is 2.15 bits per heavy atom. The zero-order chi connectivity index (χ0) is 18.9. The zero-order valence-corrected chi connectivity index (χ0v) is 15.3. The average molecular weight is 392 g/mol. The third kappa shape index (κ3) is 3.52. The molecule has 0 aromatic heterocycles. The number of imide groups is 1. The number of urea groups is 1. The van der Waals surface area contributed by atoms with Gasteiger partial charge in [0.05, 0.1) is 0 Å². The number of rotatable bonds is 4. The molecule has 3 rings (SSSR count). The van der Waals surface area contributed by atoms with Gasteiger partial charge in [-0.2, -0.15) is 0 Å². The van der Waals surface area contributed by atoms with Gasteiger partial charge in [-0.3, -0.25) is 14.5 Å². The Hall–Kier alpha value is -2.57. The van der Waals surface area contributed by atoms with Crippen molar-refractivity contribution in [3.8, 4) is 0 Å². The van der Waals surface area contributed by atoms with Crippen LogP contribution in [0.15, 0.2) is 48.5 Å². The largest absolute Gasteiger partial charge is 0.325 e. The van der Waals surface area contributed by atoms with E-state index in [1.54, 1.807) is 55.5 Å². The van der Waals surface area contributed by atoms with Gasteiger partial charge >= 0.3 is 6.03 Å². The highest BCUT2D eigenvalue weighted by atomic mass is 35.5. The van der Waals surface area contributed by atoms with Crippen LogP contribution >= 0.6 is 23.2 Å². The predicted molar refractivity (Wildman–Crippen MR) is 99.1 cm³/mol. The SMILES string of the molecule is C[C@@]1(c2ccc(Cl)cc2)NC(=O)N(CC(=O)Nc2ccc(Cl)cc2)C1=O. The van der Waals surface area contributed by atoms with E-state index in [2.05, 4.69) is 10.6 Å². The van der Waals surface area contributed by atoms with Gasteiger partial charge < -0.3 is 10.6 Å². The number of hydrogen-bond acceptors (Lipinski definition) is 3. The first kappa shape index (κ1) is 18.2. The molecule has 1 atom stereocenters. The van der Waals surface area contributed by atoms with Gasteiger partial charge in [0.1, 0.15) is 12.1 Å². The van der Waals surface area contributed by atoms with E-state index in [0.29, 0.717) is 21.3 Å². The normalized spacial score (nSPS) is 19.4. The topological polar surface area (TPSA) is 78.5 Å². The molecule has 4 amide bonds. The highest BCUT2D eigenvalue weighted by molar-refractivity contribution is 6.31. The number of hydrogen-bond donors (Lipinski definition) is 2. The standard InChI is InChI=1S/C18H15Cl2N3O3/c1-18(11-2-4-12(19)5-3-11)16(25)23(17(26)22-18)10-15(24)21-14-8-6-13(20)7-9-14/h2-9H,10H2,1H3,(H,21,24)(H,22,26)/t18-/m0/s1. The van der Waals surface area contributed by atoms with E-state index in [-0.39, 0.29) is 0 Å². The van der Waals surface area contributed by atoms with Gasteiger partial charge in [0.2, 0.25) is 5.91 Å². The van der Waals surface area contributed by atoms with Crippen LogP contribution < -0.4 is 10.6 Å². The molecule has 0 spiro atoms. The molecule has 1 saturated heterocycles. The van der Waals surface area contributed by atoms with Crippen molar-refractivity contribution in [3.05, 3.63) is 64.1 Å². The third-order valence-corrected chi connectivity index (χ3v) is 4.63. The number of carbonyl (C=O) groups excluding carboxylic acids is 3. The van der Waals surface area contributed by atoms with Crippen LogP contribution in [0.3, 0.4) is 0 Å². The molecule has 2 aromatic carbocycles. The van der Waals surface area contributed by atoms with Gasteiger partial charge in [-0.25, -0.2) is 4.79 Å². The van der Waals surface area contributed by atoms with Crippen molar-refractivity contribution in [1.82, 2.24) is 10.2 Å². The van der Waals surface area contributed by atoms with E-state index in [0.717, 1.165) is 4.90 Å². The van der Waals surface area contributed by atoms with Crippen molar-refractivity contribution in [2.45, 2.75) is 12.5 Å². The first-order valence-electron chi connectivity index (χ1n) is 7.75. The van der Waals surface area contributed by atoms with Gasteiger partial charge in [0.15, 0.2) is 0 Å². The zero-order valence-electron chi connectivity index (χ0n) is 13.8. The Bertz CT molecular complexity index is 868. The Morgan fingerprint density at radius 1 is 1.04 bits per heavy atom. The van der Waals surface area contributed by atoms with Crippen molar-refractivity contribution >= 4 is 46.7 Å². The first-order valence-corrected chi connectivity index (χ1v) is 8.51. The lowest BCUT2D eigenvalue weighted by Gasteiger charge is -2.22. The molecule has 2 N–H and O–H groups in total. The van der Waals surface area contributed by atoms with E-state index in [9.17, 15) is 14.4 Å². The van der Waals surface area contributed by atoms with Crippen LogP contribution in [0.2, 0.25) is 10.0 Å². The van der Waals surface area contributed by atoms with Gasteiger partial charge in [-0.1, -0.05) is 35.3 Å². The minimum Gasteiger partial charge on any atom is -0.325 e. The number of nitrogens with zero attached hydrogens (tertiary/aromatic N) is 1. The molecule has 2 aromatic rings. The Balaban J connectivity index is 1.73.